The number of aromatic amines is 1. The molecule has 8 heteroatoms. The first kappa shape index (κ1) is 18.2. The van der Waals surface area contributed by atoms with Crippen LogP contribution in [0.5, 0.6) is 0 Å². The molecule has 0 bridgehead atoms. The molecular formula is C18H21FN4O3. The summed E-state index contributed by atoms with van der Waals surface area (Å²) in [5.41, 5.74) is 1.03. The van der Waals surface area contributed by atoms with E-state index in [-0.39, 0.29) is 28.8 Å². The fraction of sp³-hybridized carbons (Fsp3) is 0.444. The third kappa shape index (κ3) is 3.65. The number of halogens is 1. The van der Waals surface area contributed by atoms with E-state index < -0.39 is 10.7 Å². The molecule has 0 fully saturated rings. The van der Waals surface area contributed by atoms with Crippen LogP contribution in [0.2, 0.25) is 0 Å². The van der Waals surface area contributed by atoms with Crippen molar-refractivity contribution in [2.24, 2.45) is 0 Å². The van der Waals surface area contributed by atoms with Crippen molar-refractivity contribution in [2.45, 2.75) is 45.7 Å². The van der Waals surface area contributed by atoms with Crippen LogP contribution in [0.4, 0.5) is 10.1 Å². The number of benzene rings is 1. The largest absolute Gasteiger partial charge is 0.310 e. The topological polar surface area (TPSA) is 92.1 Å². The molecule has 0 atom stereocenters. The number of fused-ring (bicyclic) bond motifs is 1. The summed E-state index contributed by atoms with van der Waals surface area (Å²) in [6.07, 6.45) is 0.582. The maximum Gasteiger partial charge on any atom is 0.269 e. The van der Waals surface area contributed by atoms with Crippen LogP contribution < -0.4 is 5.56 Å². The highest BCUT2D eigenvalue weighted by Crippen LogP contribution is 2.23. The van der Waals surface area contributed by atoms with Gasteiger partial charge in [-0.25, -0.2) is 9.37 Å². The van der Waals surface area contributed by atoms with E-state index in [2.05, 4.69) is 9.97 Å². The lowest BCUT2D eigenvalue weighted by atomic mass is 9.95. The Labute approximate surface area is 150 Å². The molecule has 1 N–H and O–H groups in total. The summed E-state index contributed by atoms with van der Waals surface area (Å²) in [4.78, 5) is 32.1. The van der Waals surface area contributed by atoms with Crippen molar-refractivity contribution in [3.8, 4) is 0 Å². The molecule has 1 aromatic heterocycles. The zero-order valence-electron chi connectivity index (χ0n) is 15.0. The van der Waals surface area contributed by atoms with Gasteiger partial charge >= 0.3 is 0 Å². The first-order chi connectivity index (χ1) is 12.1. The standard InChI is InChI=1S/C18H21FN4O3/c1-18(2,3)17-20-15-6-7-22(10-13(15)16(24)21-17)9-11-8-12(23(25)26)4-5-14(11)19/h4-5,8H,6-7,9-10H2,1-3H3,(H,20,21,24). The highest BCUT2D eigenvalue weighted by Gasteiger charge is 2.25. The minimum absolute atomic E-state index is 0.145. The van der Waals surface area contributed by atoms with E-state index in [1.165, 1.54) is 6.07 Å². The lowest BCUT2D eigenvalue weighted by Gasteiger charge is -2.29. The van der Waals surface area contributed by atoms with Crippen molar-refractivity contribution in [1.82, 2.24) is 14.9 Å². The van der Waals surface area contributed by atoms with Crippen LogP contribution in [0.15, 0.2) is 23.0 Å². The Morgan fingerprint density at radius 1 is 1.38 bits per heavy atom. The molecule has 0 spiro atoms. The summed E-state index contributed by atoms with van der Waals surface area (Å²) >= 11 is 0. The molecule has 1 aliphatic heterocycles. The van der Waals surface area contributed by atoms with Crippen molar-refractivity contribution in [3.05, 3.63) is 67.1 Å². The van der Waals surface area contributed by atoms with E-state index in [0.29, 0.717) is 30.9 Å². The number of non-ortho nitro benzene ring substituents is 1. The second-order valence-electron chi connectivity index (χ2n) is 7.58. The summed E-state index contributed by atoms with van der Waals surface area (Å²) in [6, 6.07) is 3.50. The molecule has 0 amide bonds. The Morgan fingerprint density at radius 2 is 2.12 bits per heavy atom. The highest BCUT2D eigenvalue weighted by molar-refractivity contribution is 5.35. The molecule has 2 aromatic rings. The van der Waals surface area contributed by atoms with Crippen LogP contribution >= 0.6 is 0 Å². The molecule has 0 unspecified atom stereocenters. The fourth-order valence-corrected chi connectivity index (χ4v) is 3.01. The maximum atomic E-state index is 14.0. The van der Waals surface area contributed by atoms with Gasteiger partial charge in [0.25, 0.3) is 11.2 Å². The molecule has 0 aliphatic carbocycles. The second kappa shape index (κ2) is 6.60. The van der Waals surface area contributed by atoms with Crippen LogP contribution in [-0.2, 0) is 24.9 Å². The quantitative estimate of drug-likeness (QED) is 0.671. The number of nitrogens with zero attached hydrogens (tertiary/aromatic N) is 3. The lowest BCUT2D eigenvalue weighted by Crippen LogP contribution is -2.37. The predicted molar refractivity (Wildman–Crippen MR) is 94.4 cm³/mol. The van der Waals surface area contributed by atoms with Gasteiger partial charge in [0, 0.05) is 49.2 Å². The van der Waals surface area contributed by atoms with Gasteiger partial charge in [0.05, 0.1) is 16.2 Å². The number of nitrogens with one attached hydrogen (secondary N) is 1. The molecule has 1 aromatic carbocycles. The van der Waals surface area contributed by atoms with Crippen LogP contribution in [0.3, 0.4) is 0 Å². The van der Waals surface area contributed by atoms with Gasteiger partial charge in [-0.15, -0.1) is 0 Å². The lowest BCUT2D eigenvalue weighted by molar-refractivity contribution is -0.385. The Balaban J connectivity index is 1.85. The summed E-state index contributed by atoms with van der Waals surface area (Å²) in [6.45, 7) is 7.10. The fourth-order valence-electron chi connectivity index (χ4n) is 3.01. The first-order valence-corrected chi connectivity index (χ1v) is 8.43. The van der Waals surface area contributed by atoms with Gasteiger partial charge in [0.1, 0.15) is 11.6 Å². The highest BCUT2D eigenvalue weighted by atomic mass is 19.1. The van der Waals surface area contributed by atoms with Gasteiger partial charge in [-0.1, -0.05) is 20.8 Å². The molecule has 0 saturated carbocycles. The Bertz CT molecular complexity index is 918. The minimum Gasteiger partial charge on any atom is -0.310 e. The number of hydrogen-bond acceptors (Lipinski definition) is 5. The van der Waals surface area contributed by atoms with Crippen molar-refractivity contribution in [3.63, 3.8) is 0 Å². The van der Waals surface area contributed by atoms with Crippen molar-refractivity contribution in [1.29, 1.82) is 0 Å². The summed E-state index contributed by atoms with van der Waals surface area (Å²) in [5, 5.41) is 10.9. The molecule has 1 aliphatic rings. The summed E-state index contributed by atoms with van der Waals surface area (Å²) < 4.78 is 14.0. The number of nitro groups is 1. The zero-order chi connectivity index (χ0) is 19.1. The van der Waals surface area contributed by atoms with E-state index in [1.54, 1.807) is 0 Å². The molecule has 0 saturated heterocycles. The SMILES string of the molecule is CC(C)(C)c1nc2c(c(=O)[nH]1)CN(Cc1cc([N+](=O)[O-])ccc1F)CC2. The van der Waals surface area contributed by atoms with Gasteiger partial charge in [-0.3, -0.25) is 19.8 Å². The predicted octanol–water partition coefficient (Wildman–Crippen LogP) is 2.67. The smallest absolute Gasteiger partial charge is 0.269 e. The Morgan fingerprint density at radius 3 is 2.77 bits per heavy atom. The number of aromatic nitrogens is 2. The Hall–Kier alpha value is -2.61. The molecule has 26 heavy (non-hydrogen) atoms. The van der Waals surface area contributed by atoms with Gasteiger partial charge in [-0.05, 0) is 6.07 Å². The molecule has 138 valence electrons. The minimum atomic E-state index is -0.545. The average molecular weight is 360 g/mol. The summed E-state index contributed by atoms with van der Waals surface area (Å²) in [7, 11) is 0. The van der Waals surface area contributed by atoms with E-state index >= 15 is 0 Å². The van der Waals surface area contributed by atoms with Crippen molar-refractivity contribution >= 4 is 5.69 Å². The monoisotopic (exact) mass is 360 g/mol. The normalized spacial score (nSPS) is 14.9. The van der Waals surface area contributed by atoms with E-state index in [4.69, 9.17) is 0 Å². The Kier molecular flexibility index (Phi) is 4.62. The van der Waals surface area contributed by atoms with E-state index in [1.807, 2.05) is 25.7 Å². The second-order valence-corrected chi connectivity index (χ2v) is 7.58. The van der Waals surface area contributed by atoms with Crippen molar-refractivity contribution in [2.75, 3.05) is 6.54 Å². The van der Waals surface area contributed by atoms with Crippen LogP contribution in [0.1, 0.15) is 43.4 Å². The van der Waals surface area contributed by atoms with E-state index in [0.717, 1.165) is 17.8 Å². The van der Waals surface area contributed by atoms with Gasteiger partial charge in [0.15, 0.2) is 0 Å². The molecular weight excluding hydrogens is 339 g/mol. The molecule has 3 rings (SSSR count). The molecule has 0 radical (unpaired) electrons. The summed E-state index contributed by atoms with van der Waals surface area (Å²) in [5.74, 6) is 0.163. The van der Waals surface area contributed by atoms with Crippen LogP contribution in [0.25, 0.3) is 0 Å². The molecule has 2 heterocycles. The number of H-pyrrole nitrogens is 1. The average Bonchev–Trinajstić information content (AvgIpc) is 2.56. The third-order valence-electron chi connectivity index (χ3n) is 4.49. The van der Waals surface area contributed by atoms with Crippen LogP contribution in [0, 0.1) is 15.9 Å². The van der Waals surface area contributed by atoms with E-state index in [9.17, 15) is 19.3 Å². The zero-order valence-corrected chi connectivity index (χ0v) is 15.0. The van der Waals surface area contributed by atoms with Crippen LogP contribution in [-0.4, -0.2) is 26.3 Å². The number of nitro benzene ring substituents is 1. The van der Waals surface area contributed by atoms with Crippen molar-refractivity contribution < 1.29 is 9.31 Å². The number of hydrogen-bond donors (Lipinski definition) is 1. The number of rotatable bonds is 3. The van der Waals surface area contributed by atoms with Gasteiger partial charge in [-0.2, -0.15) is 0 Å². The molecule has 7 nitrogen and oxygen atoms in total. The third-order valence-corrected chi connectivity index (χ3v) is 4.49. The maximum absolute atomic E-state index is 14.0. The van der Waals surface area contributed by atoms with Gasteiger partial charge < -0.3 is 4.98 Å². The first-order valence-electron chi connectivity index (χ1n) is 8.43. The van der Waals surface area contributed by atoms with Gasteiger partial charge in [0.2, 0.25) is 0 Å².